The van der Waals surface area contributed by atoms with Crippen LogP contribution >= 0.6 is 0 Å². The fraction of sp³-hybridized carbons (Fsp3) is 0.800. The number of nitrogens with one attached hydrogen (secondary N) is 1. The fourth-order valence-electron chi connectivity index (χ4n) is 2.96. The van der Waals surface area contributed by atoms with Crippen molar-refractivity contribution in [3.63, 3.8) is 0 Å². The van der Waals surface area contributed by atoms with E-state index in [4.69, 9.17) is 0 Å². The number of hydrogen-bond donors (Lipinski definition) is 1. The smallest absolute Gasteiger partial charge is 0.103 e. The molecular weight excluding hydrogens is 208 g/mol. The summed E-state index contributed by atoms with van der Waals surface area (Å²) in [6.07, 6.45) is 11.6. The second-order valence-corrected chi connectivity index (χ2v) is 6.42. The molecule has 2 rings (SSSR count). The van der Waals surface area contributed by atoms with Crippen molar-refractivity contribution < 1.29 is 0 Å². The summed E-state index contributed by atoms with van der Waals surface area (Å²) in [4.78, 5) is 7.78. The van der Waals surface area contributed by atoms with E-state index in [1.165, 1.54) is 50.6 Å². The molecule has 2 nitrogen and oxygen atoms in total. The topological polar surface area (TPSA) is 28.7 Å². The van der Waals surface area contributed by atoms with E-state index in [-0.39, 0.29) is 0 Å². The molecule has 17 heavy (non-hydrogen) atoms. The van der Waals surface area contributed by atoms with Gasteiger partial charge in [-0.05, 0) is 38.0 Å². The first-order valence-electron chi connectivity index (χ1n) is 7.08. The number of aromatic nitrogens is 2. The quantitative estimate of drug-likeness (QED) is 0.757. The lowest BCUT2D eigenvalue weighted by molar-refractivity contribution is 0.287. The minimum atomic E-state index is 0.525. The van der Waals surface area contributed by atoms with Crippen LogP contribution in [-0.4, -0.2) is 9.97 Å². The highest BCUT2D eigenvalue weighted by molar-refractivity contribution is 5.07. The van der Waals surface area contributed by atoms with Gasteiger partial charge in [-0.15, -0.1) is 0 Å². The molecule has 1 heterocycles. The van der Waals surface area contributed by atoms with E-state index in [0.29, 0.717) is 11.3 Å². The van der Waals surface area contributed by atoms with E-state index >= 15 is 0 Å². The molecule has 1 N–H and O–H groups in total. The number of hydrogen-bond acceptors (Lipinski definition) is 1. The largest absolute Gasteiger partial charge is 0.346 e. The molecule has 0 aliphatic heterocycles. The van der Waals surface area contributed by atoms with Gasteiger partial charge in [0.2, 0.25) is 0 Å². The molecule has 0 aromatic carbocycles. The SMILES string of the molecule is Cc1ncc(C2CCCCCC(C)(C)CC2)[nH]1. The van der Waals surface area contributed by atoms with Gasteiger partial charge < -0.3 is 4.98 Å². The zero-order valence-electron chi connectivity index (χ0n) is 11.6. The highest BCUT2D eigenvalue weighted by Crippen LogP contribution is 2.37. The molecule has 2 heteroatoms. The Hall–Kier alpha value is -0.790. The second-order valence-electron chi connectivity index (χ2n) is 6.42. The number of aryl methyl sites for hydroxylation is 1. The van der Waals surface area contributed by atoms with E-state index in [1.807, 2.05) is 13.1 Å². The third-order valence-electron chi connectivity index (χ3n) is 4.24. The number of rotatable bonds is 1. The third-order valence-corrected chi connectivity index (χ3v) is 4.24. The standard InChI is InChI=1S/C15H26N2/c1-12-16-11-14(17-12)13-7-5-4-6-9-15(2,3)10-8-13/h11,13H,4-10H2,1-3H3,(H,16,17). The first-order chi connectivity index (χ1) is 8.07. The van der Waals surface area contributed by atoms with Crippen LogP contribution in [0, 0.1) is 12.3 Å². The lowest BCUT2D eigenvalue weighted by atomic mass is 9.81. The van der Waals surface area contributed by atoms with Gasteiger partial charge in [0, 0.05) is 17.8 Å². The minimum Gasteiger partial charge on any atom is -0.346 e. The summed E-state index contributed by atoms with van der Waals surface area (Å²) in [5.41, 5.74) is 1.89. The Morgan fingerprint density at radius 2 is 2.00 bits per heavy atom. The molecule has 1 aliphatic carbocycles. The van der Waals surface area contributed by atoms with E-state index in [1.54, 1.807) is 0 Å². The Morgan fingerprint density at radius 3 is 2.71 bits per heavy atom. The predicted molar refractivity (Wildman–Crippen MR) is 72.2 cm³/mol. The van der Waals surface area contributed by atoms with E-state index in [0.717, 1.165) is 5.82 Å². The maximum Gasteiger partial charge on any atom is 0.103 e. The lowest BCUT2D eigenvalue weighted by Crippen LogP contribution is -2.12. The number of H-pyrrole nitrogens is 1. The molecule has 1 unspecified atom stereocenters. The van der Waals surface area contributed by atoms with Crippen LogP contribution in [0.25, 0.3) is 0 Å². The highest BCUT2D eigenvalue weighted by atomic mass is 14.9. The van der Waals surface area contributed by atoms with Crippen molar-refractivity contribution in [3.05, 3.63) is 17.7 Å². The highest BCUT2D eigenvalue weighted by Gasteiger charge is 2.23. The molecule has 0 bridgehead atoms. The lowest BCUT2D eigenvalue weighted by Gasteiger charge is -2.25. The third kappa shape index (κ3) is 3.58. The van der Waals surface area contributed by atoms with Crippen LogP contribution in [-0.2, 0) is 0 Å². The number of imidazole rings is 1. The van der Waals surface area contributed by atoms with Crippen molar-refractivity contribution >= 4 is 0 Å². The molecule has 0 amide bonds. The fourth-order valence-corrected chi connectivity index (χ4v) is 2.96. The summed E-state index contributed by atoms with van der Waals surface area (Å²) in [5, 5.41) is 0. The van der Waals surface area contributed by atoms with E-state index < -0.39 is 0 Å². The van der Waals surface area contributed by atoms with Gasteiger partial charge in [-0.1, -0.05) is 33.1 Å². The van der Waals surface area contributed by atoms with Gasteiger partial charge in [-0.25, -0.2) is 4.98 Å². The van der Waals surface area contributed by atoms with Crippen molar-refractivity contribution in [2.24, 2.45) is 5.41 Å². The summed E-state index contributed by atoms with van der Waals surface area (Å²) >= 11 is 0. The second kappa shape index (κ2) is 5.24. The normalized spacial score (nSPS) is 25.9. The Balaban J connectivity index is 2.05. The Bertz CT molecular complexity index is 352. The maximum absolute atomic E-state index is 4.35. The molecule has 1 atom stereocenters. The Kier molecular flexibility index (Phi) is 3.90. The van der Waals surface area contributed by atoms with Gasteiger partial charge in [0.25, 0.3) is 0 Å². The van der Waals surface area contributed by atoms with Crippen molar-refractivity contribution in [2.45, 2.75) is 71.6 Å². The molecule has 1 aromatic rings. The van der Waals surface area contributed by atoms with Crippen LogP contribution in [0.5, 0.6) is 0 Å². The predicted octanol–water partition coefficient (Wildman–Crippen LogP) is 4.57. The van der Waals surface area contributed by atoms with Crippen LogP contribution in [0.15, 0.2) is 6.20 Å². The van der Waals surface area contributed by atoms with Gasteiger partial charge in [-0.3, -0.25) is 0 Å². The van der Waals surface area contributed by atoms with Gasteiger partial charge in [0.1, 0.15) is 5.82 Å². The summed E-state index contributed by atoms with van der Waals surface area (Å²) in [5.74, 6) is 1.76. The van der Waals surface area contributed by atoms with Crippen molar-refractivity contribution in [2.75, 3.05) is 0 Å². The number of nitrogens with zero attached hydrogens (tertiary/aromatic N) is 1. The zero-order valence-corrected chi connectivity index (χ0v) is 11.6. The maximum atomic E-state index is 4.35. The molecule has 1 aliphatic rings. The summed E-state index contributed by atoms with van der Waals surface area (Å²) in [7, 11) is 0. The van der Waals surface area contributed by atoms with Crippen LogP contribution in [0.1, 0.15) is 76.2 Å². The van der Waals surface area contributed by atoms with Crippen molar-refractivity contribution in [1.82, 2.24) is 9.97 Å². The van der Waals surface area contributed by atoms with Gasteiger partial charge >= 0.3 is 0 Å². The Morgan fingerprint density at radius 1 is 1.18 bits per heavy atom. The molecule has 0 radical (unpaired) electrons. The van der Waals surface area contributed by atoms with Gasteiger partial charge in [0.15, 0.2) is 0 Å². The van der Waals surface area contributed by atoms with E-state index in [9.17, 15) is 0 Å². The first-order valence-corrected chi connectivity index (χ1v) is 7.08. The summed E-state index contributed by atoms with van der Waals surface area (Å²) in [6.45, 7) is 6.89. The van der Waals surface area contributed by atoms with E-state index in [2.05, 4.69) is 23.8 Å². The van der Waals surface area contributed by atoms with Crippen LogP contribution in [0.4, 0.5) is 0 Å². The molecule has 1 aromatic heterocycles. The average molecular weight is 234 g/mol. The van der Waals surface area contributed by atoms with Crippen LogP contribution in [0.3, 0.4) is 0 Å². The molecule has 96 valence electrons. The average Bonchev–Trinajstić information content (AvgIpc) is 2.70. The molecule has 0 spiro atoms. The Labute approximate surface area is 105 Å². The van der Waals surface area contributed by atoms with Crippen molar-refractivity contribution in [3.8, 4) is 0 Å². The van der Waals surface area contributed by atoms with Crippen molar-refractivity contribution in [1.29, 1.82) is 0 Å². The zero-order chi connectivity index (χ0) is 12.3. The molecule has 1 fully saturated rings. The summed E-state index contributed by atoms with van der Waals surface area (Å²) < 4.78 is 0. The number of aromatic amines is 1. The monoisotopic (exact) mass is 234 g/mol. The molecule has 1 saturated carbocycles. The molecular formula is C15H26N2. The van der Waals surface area contributed by atoms with Crippen LogP contribution < -0.4 is 0 Å². The minimum absolute atomic E-state index is 0.525. The van der Waals surface area contributed by atoms with Gasteiger partial charge in [0.05, 0.1) is 0 Å². The first kappa shape index (κ1) is 12.7. The van der Waals surface area contributed by atoms with Crippen LogP contribution in [0.2, 0.25) is 0 Å². The molecule has 0 saturated heterocycles. The summed E-state index contributed by atoms with van der Waals surface area (Å²) in [6, 6.07) is 0. The van der Waals surface area contributed by atoms with Gasteiger partial charge in [-0.2, -0.15) is 0 Å².